The van der Waals surface area contributed by atoms with Crippen molar-refractivity contribution in [3.05, 3.63) is 54.9 Å². The number of furan rings is 1. The summed E-state index contributed by atoms with van der Waals surface area (Å²) in [5.74, 6) is -2.76. The van der Waals surface area contributed by atoms with Gasteiger partial charge in [-0.05, 0) is 24.3 Å². The largest absolute Gasteiger partial charge is 0.490 e. The summed E-state index contributed by atoms with van der Waals surface area (Å²) in [4.78, 5) is 13.2. The van der Waals surface area contributed by atoms with Crippen LogP contribution in [0.1, 0.15) is 0 Å². The highest BCUT2D eigenvalue weighted by Gasteiger charge is 2.38. The lowest BCUT2D eigenvalue weighted by molar-refractivity contribution is -0.192. The Morgan fingerprint density at radius 3 is 2.39 bits per heavy atom. The highest BCUT2D eigenvalue weighted by Crippen LogP contribution is 2.26. The van der Waals surface area contributed by atoms with Crippen molar-refractivity contribution in [3.63, 3.8) is 0 Å². The number of anilines is 2. The highest BCUT2D eigenvalue weighted by molar-refractivity contribution is 5.88. The minimum Gasteiger partial charge on any atom is -0.475 e. The van der Waals surface area contributed by atoms with Gasteiger partial charge in [-0.1, -0.05) is 18.2 Å². The quantitative estimate of drug-likeness (QED) is 0.739. The molecule has 5 nitrogen and oxygen atoms in total. The number of pyridine rings is 1. The molecule has 0 bridgehead atoms. The predicted molar refractivity (Wildman–Crippen MR) is 77.4 cm³/mol. The zero-order valence-electron chi connectivity index (χ0n) is 11.5. The molecule has 0 aliphatic heterocycles. The van der Waals surface area contributed by atoms with Gasteiger partial charge in [0.25, 0.3) is 0 Å². The number of nitrogens with zero attached hydrogens (tertiary/aromatic N) is 1. The van der Waals surface area contributed by atoms with Crippen LogP contribution in [0, 0.1) is 0 Å². The Morgan fingerprint density at radius 2 is 1.78 bits per heavy atom. The summed E-state index contributed by atoms with van der Waals surface area (Å²) in [6.45, 7) is 0. The van der Waals surface area contributed by atoms with Crippen LogP contribution in [0.4, 0.5) is 24.5 Å². The monoisotopic (exact) mass is 324 g/mol. The lowest BCUT2D eigenvalue weighted by Crippen LogP contribution is -2.21. The van der Waals surface area contributed by atoms with E-state index in [2.05, 4.69) is 10.3 Å². The van der Waals surface area contributed by atoms with Gasteiger partial charge >= 0.3 is 12.1 Å². The maximum Gasteiger partial charge on any atom is 0.490 e. The molecule has 0 aliphatic carbocycles. The third kappa shape index (κ3) is 4.47. The summed E-state index contributed by atoms with van der Waals surface area (Å²) in [5, 5.41) is 10.4. The molecule has 0 spiro atoms. The fourth-order valence-corrected chi connectivity index (χ4v) is 1.63. The molecule has 0 saturated carbocycles. The van der Waals surface area contributed by atoms with E-state index in [1.54, 1.807) is 12.5 Å². The summed E-state index contributed by atoms with van der Waals surface area (Å²) in [6.07, 6.45) is -1.64. The zero-order valence-corrected chi connectivity index (χ0v) is 11.5. The van der Waals surface area contributed by atoms with E-state index in [4.69, 9.17) is 14.3 Å². The first-order valence-corrected chi connectivity index (χ1v) is 6.32. The molecule has 2 aromatic heterocycles. The number of hydrogen-bond donors (Lipinski definition) is 2. The van der Waals surface area contributed by atoms with E-state index in [0.717, 1.165) is 22.5 Å². The Kier molecular flexibility index (Phi) is 4.85. The molecule has 0 radical (unpaired) electrons. The first-order chi connectivity index (χ1) is 10.9. The Hall–Kier alpha value is -3.03. The number of aliphatic carboxylic acids is 1. The lowest BCUT2D eigenvalue weighted by Gasteiger charge is -2.02. The van der Waals surface area contributed by atoms with Gasteiger partial charge < -0.3 is 14.8 Å². The van der Waals surface area contributed by atoms with Gasteiger partial charge in [-0.3, -0.25) is 4.98 Å². The first kappa shape index (κ1) is 16.3. The van der Waals surface area contributed by atoms with Crippen LogP contribution < -0.4 is 5.32 Å². The number of halogens is 3. The molecule has 1 aromatic carbocycles. The molecular weight excluding hydrogens is 313 g/mol. The van der Waals surface area contributed by atoms with Crippen molar-refractivity contribution in [1.29, 1.82) is 0 Å². The second-order valence-corrected chi connectivity index (χ2v) is 4.29. The Labute approximate surface area is 128 Å². The van der Waals surface area contributed by atoms with Crippen molar-refractivity contribution in [2.75, 3.05) is 5.32 Å². The van der Waals surface area contributed by atoms with E-state index < -0.39 is 12.1 Å². The van der Waals surface area contributed by atoms with E-state index >= 15 is 0 Å². The van der Waals surface area contributed by atoms with E-state index in [1.807, 2.05) is 42.5 Å². The summed E-state index contributed by atoms with van der Waals surface area (Å²) < 4.78 is 37.1. The van der Waals surface area contributed by atoms with Gasteiger partial charge in [-0.25, -0.2) is 4.79 Å². The summed E-state index contributed by atoms with van der Waals surface area (Å²) in [6, 6.07) is 13.7. The standard InChI is InChI=1S/C13H10N2O.C2HF3O2/c1-2-5-10(6-3-1)15-11-9-16-12-7-4-8-14-13(11)12;3-2(4,5)1(6)7/h1-9,15H;(H,6,7). The average Bonchev–Trinajstić information content (AvgIpc) is 2.91. The molecule has 2 N–H and O–H groups in total. The molecule has 3 rings (SSSR count). The number of rotatable bonds is 2. The minimum atomic E-state index is -5.08. The molecule has 0 aliphatic rings. The number of fused-ring (bicyclic) bond motifs is 1. The molecule has 3 aromatic rings. The van der Waals surface area contributed by atoms with E-state index in [-0.39, 0.29) is 0 Å². The van der Waals surface area contributed by atoms with Crippen molar-refractivity contribution < 1.29 is 27.5 Å². The number of hydrogen-bond acceptors (Lipinski definition) is 4. The lowest BCUT2D eigenvalue weighted by atomic mass is 10.3. The molecule has 23 heavy (non-hydrogen) atoms. The minimum absolute atomic E-state index is 0.793. The number of nitrogens with one attached hydrogen (secondary N) is 1. The molecule has 120 valence electrons. The van der Waals surface area contributed by atoms with E-state index in [1.165, 1.54) is 0 Å². The molecule has 0 unspecified atom stereocenters. The van der Waals surface area contributed by atoms with Crippen LogP contribution in [0.25, 0.3) is 11.1 Å². The number of para-hydroxylation sites is 1. The van der Waals surface area contributed by atoms with Gasteiger partial charge in [0, 0.05) is 11.9 Å². The van der Waals surface area contributed by atoms with Crippen molar-refractivity contribution in [2.24, 2.45) is 0 Å². The topological polar surface area (TPSA) is 75.4 Å². The molecule has 0 atom stereocenters. The second kappa shape index (κ2) is 6.82. The van der Waals surface area contributed by atoms with Crippen LogP contribution >= 0.6 is 0 Å². The van der Waals surface area contributed by atoms with Crippen LogP contribution in [-0.4, -0.2) is 22.2 Å². The zero-order chi connectivity index (χ0) is 16.9. The average molecular weight is 324 g/mol. The fraction of sp³-hybridized carbons (Fsp3) is 0.0667. The van der Waals surface area contributed by atoms with Crippen LogP contribution in [-0.2, 0) is 4.79 Å². The Morgan fingerprint density at radius 1 is 1.13 bits per heavy atom. The number of carboxylic acids is 1. The van der Waals surface area contributed by atoms with Crippen LogP contribution in [0.15, 0.2) is 59.3 Å². The first-order valence-electron chi connectivity index (χ1n) is 6.32. The van der Waals surface area contributed by atoms with Crippen LogP contribution in [0.3, 0.4) is 0 Å². The highest BCUT2D eigenvalue weighted by atomic mass is 19.4. The number of benzene rings is 1. The summed E-state index contributed by atoms with van der Waals surface area (Å²) in [7, 11) is 0. The van der Waals surface area contributed by atoms with Gasteiger partial charge in [0.1, 0.15) is 17.5 Å². The molecule has 2 heterocycles. The summed E-state index contributed by atoms with van der Waals surface area (Å²) >= 11 is 0. The molecule has 0 saturated heterocycles. The van der Waals surface area contributed by atoms with Gasteiger partial charge in [0.15, 0.2) is 5.58 Å². The molecule has 0 amide bonds. The predicted octanol–water partition coefficient (Wildman–Crippen LogP) is 4.20. The smallest absolute Gasteiger partial charge is 0.475 e. The fourth-order valence-electron chi connectivity index (χ4n) is 1.63. The number of alkyl halides is 3. The molecular formula is C15H11F3N2O3. The maximum absolute atomic E-state index is 10.6. The maximum atomic E-state index is 10.6. The van der Waals surface area contributed by atoms with Gasteiger partial charge in [-0.2, -0.15) is 13.2 Å². The number of aromatic nitrogens is 1. The van der Waals surface area contributed by atoms with Crippen molar-refractivity contribution in [1.82, 2.24) is 4.98 Å². The van der Waals surface area contributed by atoms with Gasteiger partial charge in [-0.15, -0.1) is 0 Å². The normalized spacial score (nSPS) is 10.7. The third-order valence-corrected chi connectivity index (χ3v) is 2.62. The van der Waals surface area contributed by atoms with Crippen LogP contribution in [0.5, 0.6) is 0 Å². The van der Waals surface area contributed by atoms with E-state index in [0.29, 0.717) is 0 Å². The molecule has 0 fully saturated rings. The van der Waals surface area contributed by atoms with Gasteiger partial charge in [0.05, 0.1) is 0 Å². The van der Waals surface area contributed by atoms with Crippen molar-refractivity contribution >= 4 is 28.4 Å². The Balaban J connectivity index is 0.000000236. The van der Waals surface area contributed by atoms with Crippen molar-refractivity contribution in [3.8, 4) is 0 Å². The Bertz CT molecular complexity index is 785. The second-order valence-electron chi connectivity index (χ2n) is 4.29. The SMILES string of the molecule is O=C(O)C(F)(F)F.c1ccc(Nc2coc3cccnc23)cc1. The summed E-state index contributed by atoms with van der Waals surface area (Å²) in [5.41, 5.74) is 3.56. The number of carboxylic acid groups (broad SMARTS) is 1. The number of carbonyl (C=O) groups is 1. The third-order valence-electron chi connectivity index (χ3n) is 2.62. The van der Waals surface area contributed by atoms with E-state index in [9.17, 15) is 13.2 Å². The van der Waals surface area contributed by atoms with Crippen molar-refractivity contribution in [2.45, 2.75) is 6.18 Å². The molecule has 8 heteroatoms. The van der Waals surface area contributed by atoms with Gasteiger partial charge in [0.2, 0.25) is 0 Å². The van der Waals surface area contributed by atoms with Crippen LogP contribution in [0.2, 0.25) is 0 Å².